The van der Waals surface area contributed by atoms with Crippen LogP contribution in [0.3, 0.4) is 0 Å². The lowest BCUT2D eigenvalue weighted by Gasteiger charge is -2.32. The van der Waals surface area contributed by atoms with Gasteiger partial charge in [-0.2, -0.15) is 0 Å². The third-order valence-corrected chi connectivity index (χ3v) is 3.46. The molecule has 4 heteroatoms. The fraction of sp³-hybridized carbons (Fsp3) is 0.571. The molecule has 1 aromatic rings. The van der Waals surface area contributed by atoms with E-state index in [2.05, 4.69) is 4.90 Å². The molecule has 1 aliphatic heterocycles. The smallest absolute Gasteiger partial charge is 0.119 e. The summed E-state index contributed by atoms with van der Waals surface area (Å²) in [4.78, 5) is 2.14. The van der Waals surface area contributed by atoms with Crippen LogP contribution in [0.2, 0.25) is 0 Å². The van der Waals surface area contributed by atoms with E-state index in [0.717, 1.165) is 24.4 Å². The number of hydrogen-bond donors (Lipinski definition) is 1. The van der Waals surface area contributed by atoms with Gasteiger partial charge in [0.25, 0.3) is 0 Å². The number of aliphatic hydroxyl groups is 1. The van der Waals surface area contributed by atoms with E-state index in [1.165, 1.54) is 0 Å². The van der Waals surface area contributed by atoms with Crippen LogP contribution in [0, 0.1) is 5.92 Å². The van der Waals surface area contributed by atoms with Crippen LogP contribution >= 0.6 is 0 Å². The minimum atomic E-state index is -0.251. The van der Waals surface area contributed by atoms with Gasteiger partial charge in [-0.15, -0.1) is 0 Å². The van der Waals surface area contributed by atoms with E-state index in [0.29, 0.717) is 13.2 Å². The number of hydrogen-bond acceptors (Lipinski definition) is 4. The minimum absolute atomic E-state index is 0.186. The Bertz CT molecular complexity index is 366. The molecular weight excluding hydrogens is 230 g/mol. The summed E-state index contributed by atoms with van der Waals surface area (Å²) >= 11 is 0. The molecule has 0 aromatic heterocycles. The lowest BCUT2D eigenvalue weighted by Crippen LogP contribution is -2.39. The van der Waals surface area contributed by atoms with Gasteiger partial charge in [0.05, 0.1) is 19.8 Å². The summed E-state index contributed by atoms with van der Waals surface area (Å²) in [5.74, 6) is 1.04. The zero-order valence-electron chi connectivity index (χ0n) is 11.0. The van der Waals surface area contributed by atoms with Crippen LogP contribution in [0.25, 0.3) is 0 Å². The summed E-state index contributed by atoms with van der Waals surface area (Å²) in [6.07, 6.45) is 0.487. The van der Waals surface area contributed by atoms with Crippen molar-refractivity contribution < 1.29 is 14.6 Å². The predicted molar refractivity (Wildman–Crippen MR) is 71.2 cm³/mol. The first kappa shape index (κ1) is 13.2. The largest absolute Gasteiger partial charge is 0.497 e. The van der Waals surface area contributed by atoms with Gasteiger partial charge < -0.3 is 19.5 Å². The Labute approximate surface area is 108 Å². The average molecular weight is 251 g/mol. The highest BCUT2D eigenvalue weighted by Crippen LogP contribution is 2.21. The van der Waals surface area contributed by atoms with E-state index in [1.807, 2.05) is 31.3 Å². The molecule has 2 atom stereocenters. The molecule has 1 aliphatic rings. The number of ether oxygens (including phenoxy) is 2. The maximum atomic E-state index is 9.92. The van der Waals surface area contributed by atoms with Gasteiger partial charge in [0.2, 0.25) is 0 Å². The van der Waals surface area contributed by atoms with Gasteiger partial charge in [0.1, 0.15) is 5.75 Å². The number of methoxy groups -OCH3 is 1. The van der Waals surface area contributed by atoms with E-state index >= 15 is 0 Å². The van der Waals surface area contributed by atoms with Gasteiger partial charge in [0, 0.05) is 31.8 Å². The molecule has 2 rings (SSSR count). The summed E-state index contributed by atoms with van der Waals surface area (Å²) < 4.78 is 10.6. The third kappa shape index (κ3) is 3.15. The van der Waals surface area contributed by atoms with E-state index in [4.69, 9.17) is 9.47 Å². The van der Waals surface area contributed by atoms with Crippen molar-refractivity contribution in [2.24, 2.45) is 5.92 Å². The van der Waals surface area contributed by atoms with Gasteiger partial charge in [-0.3, -0.25) is 0 Å². The molecule has 2 unspecified atom stereocenters. The Morgan fingerprint density at radius 2 is 2.11 bits per heavy atom. The van der Waals surface area contributed by atoms with Gasteiger partial charge in [0.15, 0.2) is 0 Å². The quantitative estimate of drug-likeness (QED) is 0.881. The van der Waals surface area contributed by atoms with Crippen molar-refractivity contribution in [2.75, 3.05) is 38.8 Å². The first-order chi connectivity index (χ1) is 8.70. The second kappa shape index (κ2) is 6.07. The monoisotopic (exact) mass is 251 g/mol. The van der Waals surface area contributed by atoms with Crippen molar-refractivity contribution in [2.45, 2.75) is 12.5 Å². The standard InChI is InChI=1S/C14H21NO3/c1-15(9-11-10-18-8-7-14(11)16)12-3-5-13(17-2)6-4-12/h3-6,11,14,16H,7-10H2,1-2H3. The van der Waals surface area contributed by atoms with Crippen LogP contribution in [0.15, 0.2) is 24.3 Å². The Kier molecular flexibility index (Phi) is 4.44. The van der Waals surface area contributed by atoms with Crippen LogP contribution in [-0.2, 0) is 4.74 Å². The zero-order valence-corrected chi connectivity index (χ0v) is 11.0. The van der Waals surface area contributed by atoms with Crippen LogP contribution in [0.4, 0.5) is 5.69 Å². The van der Waals surface area contributed by atoms with Crippen LogP contribution < -0.4 is 9.64 Å². The van der Waals surface area contributed by atoms with Crippen LogP contribution in [-0.4, -0.2) is 45.1 Å². The summed E-state index contributed by atoms with van der Waals surface area (Å²) in [5.41, 5.74) is 1.12. The van der Waals surface area contributed by atoms with E-state index < -0.39 is 0 Å². The Morgan fingerprint density at radius 1 is 1.39 bits per heavy atom. The van der Waals surface area contributed by atoms with Crippen molar-refractivity contribution in [3.05, 3.63) is 24.3 Å². The summed E-state index contributed by atoms with van der Waals surface area (Å²) in [6, 6.07) is 7.93. The number of rotatable bonds is 4. The van der Waals surface area contributed by atoms with Crippen molar-refractivity contribution >= 4 is 5.69 Å². The molecule has 1 heterocycles. The lowest BCUT2D eigenvalue weighted by atomic mass is 9.98. The SMILES string of the molecule is COc1ccc(N(C)CC2COCCC2O)cc1. The molecule has 18 heavy (non-hydrogen) atoms. The van der Waals surface area contributed by atoms with Crippen molar-refractivity contribution in [3.63, 3.8) is 0 Å². The normalized spacial score (nSPS) is 23.7. The van der Waals surface area contributed by atoms with Crippen LogP contribution in [0.5, 0.6) is 5.75 Å². The molecule has 0 saturated carbocycles. The highest BCUT2D eigenvalue weighted by molar-refractivity contribution is 5.48. The number of aliphatic hydroxyl groups excluding tert-OH is 1. The second-order valence-electron chi connectivity index (χ2n) is 4.77. The molecule has 1 saturated heterocycles. The molecular formula is C14H21NO3. The molecule has 0 bridgehead atoms. The summed E-state index contributed by atoms with van der Waals surface area (Å²) in [7, 11) is 3.69. The Hall–Kier alpha value is -1.26. The summed E-state index contributed by atoms with van der Waals surface area (Å²) in [6.45, 7) is 2.11. The first-order valence-corrected chi connectivity index (χ1v) is 6.31. The van der Waals surface area contributed by atoms with Gasteiger partial charge in [-0.1, -0.05) is 0 Å². The molecule has 100 valence electrons. The highest BCUT2D eigenvalue weighted by atomic mass is 16.5. The molecule has 0 spiro atoms. The molecule has 0 radical (unpaired) electrons. The minimum Gasteiger partial charge on any atom is -0.497 e. The molecule has 0 amide bonds. The zero-order chi connectivity index (χ0) is 13.0. The third-order valence-electron chi connectivity index (χ3n) is 3.46. The fourth-order valence-corrected chi connectivity index (χ4v) is 2.25. The van der Waals surface area contributed by atoms with Gasteiger partial charge in [-0.05, 0) is 30.7 Å². The van der Waals surface area contributed by atoms with E-state index in [1.54, 1.807) is 7.11 Å². The van der Waals surface area contributed by atoms with Crippen LogP contribution in [0.1, 0.15) is 6.42 Å². The van der Waals surface area contributed by atoms with E-state index in [-0.39, 0.29) is 12.0 Å². The predicted octanol–water partition coefficient (Wildman–Crippen LogP) is 1.53. The van der Waals surface area contributed by atoms with Gasteiger partial charge in [-0.25, -0.2) is 0 Å². The fourth-order valence-electron chi connectivity index (χ4n) is 2.25. The molecule has 4 nitrogen and oxygen atoms in total. The highest BCUT2D eigenvalue weighted by Gasteiger charge is 2.24. The maximum Gasteiger partial charge on any atom is 0.119 e. The van der Waals surface area contributed by atoms with Crippen molar-refractivity contribution in [1.29, 1.82) is 0 Å². The maximum absolute atomic E-state index is 9.92. The van der Waals surface area contributed by atoms with Crippen molar-refractivity contribution in [3.8, 4) is 5.75 Å². The number of anilines is 1. The summed E-state index contributed by atoms with van der Waals surface area (Å²) in [5, 5.41) is 9.92. The van der Waals surface area contributed by atoms with E-state index in [9.17, 15) is 5.11 Å². The Morgan fingerprint density at radius 3 is 2.72 bits per heavy atom. The number of benzene rings is 1. The average Bonchev–Trinajstić information content (AvgIpc) is 2.41. The molecule has 1 aromatic carbocycles. The second-order valence-corrected chi connectivity index (χ2v) is 4.77. The molecule has 1 N–H and O–H groups in total. The van der Waals surface area contributed by atoms with Gasteiger partial charge >= 0.3 is 0 Å². The topological polar surface area (TPSA) is 41.9 Å². The number of nitrogens with zero attached hydrogens (tertiary/aromatic N) is 1. The first-order valence-electron chi connectivity index (χ1n) is 6.31. The molecule has 1 fully saturated rings. The Balaban J connectivity index is 1.95. The van der Waals surface area contributed by atoms with Crippen molar-refractivity contribution in [1.82, 2.24) is 0 Å². The molecule has 0 aliphatic carbocycles. The lowest BCUT2D eigenvalue weighted by molar-refractivity contribution is -0.0320.